The van der Waals surface area contributed by atoms with E-state index in [9.17, 15) is 9.59 Å². The fraction of sp³-hybridized carbons (Fsp3) is 0.333. The molecule has 1 N–H and O–H groups in total. The van der Waals surface area contributed by atoms with Gasteiger partial charge in [-0.1, -0.05) is 0 Å². The third-order valence-electron chi connectivity index (χ3n) is 1.60. The first-order chi connectivity index (χ1) is 6.13. The largest absolute Gasteiger partial charge is 0.464 e. The molecule has 0 aliphatic rings. The minimum atomic E-state index is -0.421. The number of aromatic nitrogens is 1. The van der Waals surface area contributed by atoms with E-state index < -0.39 is 5.97 Å². The number of carbonyl (C=O) groups is 2. The molecule has 0 aliphatic heterocycles. The van der Waals surface area contributed by atoms with Crippen molar-refractivity contribution in [1.29, 1.82) is 0 Å². The Morgan fingerprint density at radius 1 is 1.54 bits per heavy atom. The molecule has 1 heterocycles. The lowest BCUT2D eigenvalue weighted by Crippen LogP contribution is -2.00. The third kappa shape index (κ3) is 2.43. The highest BCUT2D eigenvalue weighted by atomic mass is 16.5. The quantitative estimate of drug-likeness (QED) is 0.706. The van der Waals surface area contributed by atoms with E-state index in [1.54, 1.807) is 12.3 Å². The smallest absolute Gasteiger partial charge is 0.354 e. The van der Waals surface area contributed by atoms with Crippen LogP contribution in [0.3, 0.4) is 0 Å². The molecule has 0 unspecified atom stereocenters. The summed E-state index contributed by atoms with van der Waals surface area (Å²) in [5.41, 5.74) is 1.17. The van der Waals surface area contributed by atoms with Gasteiger partial charge in [-0.05, 0) is 18.6 Å². The number of esters is 1. The summed E-state index contributed by atoms with van der Waals surface area (Å²) in [5.74, 6) is -0.356. The van der Waals surface area contributed by atoms with Crippen LogP contribution in [-0.2, 0) is 16.0 Å². The van der Waals surface area contributed by atoms with Crippen LogP contribution < -0.4 is 0 Å². The van der Waals surface area contributed by atoms with Crippen LogP contribution in [-0.4, -0.2) is 23.8 Å². The van der Waals surface area contributed by atoms with Gasteiger partial charge < -0.3 is 9.72 Å². The number of nitrogens with one attached hydrogen (secondary N) is 1. The molecule has 0 aliphatic carbocycles. The Kier molecular flexibility index (Phi) is 2.84. The molecular weight excluding hydrogens is 170 g/mol. The molecule has 4 nitrogen and oxygen atoms in total. The summed E-state index contributed by atoms with van der Waals surface area (Å²) in [4.78, 5) is 24.4. The van der Waals surface area contributed by atoms with Gasteiger partial charge in [-0.25, -0.2) is 4.79 Å². The SMILES string of the molecule is COC(=O)c1cc(CC(C)=O)c[nH]1. The van der Waals surface area contributed by atoms with Crippen LogP contribution in [0.4, 0.5) is 0 Å². The van der Waals surface area contributed by atoms with Gasteiger partial charge in [-0.2, -0.15) is 0 Å². The van der Waals surface area contributed by atoms with Crippen molar-refractivity contribution in [2.45, 2.75) is 13.3 Å². The molecule has 0 spiro atoms. The van der Waals surface area contributed by atoms with Crippen molar-refractivity contribution in [2.75, 3.05) is 7.11 Å². The number of ether oxygens (including phenoxy) is 1. The minimum Gasteiger partial charge on any atom is -0.464 e. The van der Waals surface area contributed by atoms with Gasteiger partial charge in [0.1, 0.15) is 11.5 Å². The summed E-state index contributed by atoms with van der Waals surface area (Å²) in [5, 5.41) is 0. The van der Waals surface area contributed by atoms with Crippen molar-refractivity contribution in [3.63, 3.8) is 0 Å². The van der Waals surface area contributed by atoms with E-state index in [-0.39, 0.29) is 5.78 Å². The maximum Gasteiger partial charge on any atom is 0.354 e. The lowest BCUT2D eigenvalue weighted by Gasteiger charge is -1.92. The molecule has 1 aromatic heterocycles. The normalized spacial score (nSPS) is 9.69. The van der Waals surface area contributed by atoms with E-state index in [2.05, 4.69) is 9.72 Å². The van der Waals surface area contributed by atoms with E-state index in [4.69, 9.17) is 0 Å². The fourth-order valence-electron chi connectivity index (χ4n) is 1.06. The van der Waals surface area contributed by atoms with Crippen molar-refractivity contribution in [2.24, 2.45) is 0 Å². The van der Waals surface area contributed by atoms with Crippen molar-refractivity contribution < 1.29 is 14.3 Å². The van der Waals surface area contributed by atoms with Crippen LogP contribution in [0.1, 0.15) is 23.0 Å². The van der Waals surface area contributed by atoms with Gasteiger partial charge in [0, 0.05) is 12.6 Å². The monoisotopic (exact) mass is 181 g/mol. The molecule has 0 bridgehead atoms. The Balaban J connectivity index is 2.74. The lowest BCUT2D eigenvalue weighted by atomic mass is 10.2. The highest BCUT2D eigenvalue weighted by molar-refractivity contribution is 5.88. The maximum atomic E-state index is 11.0. The topological polar surface area (TPSA) is 59.2 Å². The minimum absolute atomic E-state index is 0.0652. The van der Waals surface area contributed by atoms with Crippen LogP contribution >= 0.6 is 0 Å². The van der Waals surface area contributed by atoms with Crippen molar-refractivity contribution in [1.82, 2.24) is 4.98 Å². The second kappa shape index (κ2) is 3.89. The number of aromatic amines is 1. The first-order valence-corrected chi connectivity index (χ1v) is 3.88. The van der Waals surface area contributed by atoms with Crippen molar-refractivity contribution in [3.8, 4) is 0 Å². The van der Waals surface area contributed by atoms with E-state index in [0.717, 1.165) is 5.56 Å². The summed E-state index contributed by atoms with van der Waals surface area (Å²) >= 11 is 0. The number of H-pyrrole nitrogens is 1. The number of rotatable bonds is 3. The molecule has 0 atom stereocenters. The summed E-state index contributed by atoms with van der Waals surface area (Å²) in [6, 6.07) is 1.62. The van der Waals surface area contributed by atoms with Crippen LogP contribution in [0.2, 0.25) is 0 Å². The average molecular weight is 181 g/mol. The van der Waals surface area contributed by atoms with Gasteiger partial charge in [-0.15, -0.1) is 0 Å². The Hall–Kier alpha value is -1.58. The number of methoxy groups -OCH3 is 1. The predicted molar refractivity (Wildman–Crippen MR) is 46.5 cm³/mol. The van der Waals surface area contributed by atoms with Crippen molar-refractivity contribution >= 4 is 11.8 Å². The summed E-state index contributed by atoms with van der Waals surface area (Å²) in [6.45, 7) is 1.50. The van der Waals surface area contributed by atoms with Gasteiger partial charge in [0.25, 0.3) is 0 Å². The van der Waals surface area contributed by atoms with Gasteiger partial charge in [-0.3, -0.25) is 4.79 Å². The van der Waals surface area contributed by atoms with Crippen LogP contribution in [0.5, 0.6) is 0 Å². The number of Topliss-reactive ketones (excluding diaryl/α,β-unsaturated/α-hetero) is 1. The molecule has 70 valence electrons. The number of ketones is 1. The number of hydrogen-bond donors (Lipinski definition) is 1. The molecule has 1 rings (SSSR count). The molecule has 13 heavy (non-hydrogen) atoms. The van der Waals surface area contributed by atoms with Gasteiger partial charge in [0.2, 0.25) is 0 Å². The molecule has 1 aromatic rings. The highest BCUT2D eigenvalue weighted by Crippen LogP contribution is 2.05. The number of hydrogen-bond acceptors (Lipinski definition) is 3. The van der Waals surface area contributed by atoms with Crippen LogP contribution in [0, 0.1) is 0 Å². The van der Waals surface area contributed by atoms with E-state index >= 15 is 0 Å². The van der Waals surface area contributed by atoms with Crippen molar-refractivity contribution in [3.05, 3.63) is 23.5 Å². The molecule has 0 fully saturated rings. The maximum absolute atomic E-state index is 11.0. The summed E-state index contributed by atoms with van der Waals surface area (Å²) in [6.07, 6.45) is 1.97. The van der Waals surface area contributed by atoms with Crippen LogP contribution in [0.15, 0.2) is 12.3 Å². The molecule has 0 aromatic carbocycles. The first kappa shape index (κ1) is 9.51. The zero-order valence-electron chi connectivity index (χ0n) is 7.59. The summed E-state index contributed by atoms with van der Waals surface area (Å²) < 4.78 is 4.50. The summed E-state index contributed by atoms with van der Waals surface area (Å²) in [7, 11) is 1.31. The average Bonchev–Trinajstić information content (AvgIpc) is 2.50. The molecule has 0 saturated carbocycles. The van der Waals surface area contributed by atoms with E-state index in [0.29, 0.717) is 12.1 Å². The molecule has 0 amide bonds. The molecule has 0 radical (unpaired) electrons. The first-order valence-electron chi connectivity index (χ1n) is 3.88. The van der Waals surface area contributed by atoms with Crippen LogP contribution in [0.25, 0.3) is 0 Å². The second-order valence-corrected chi connectivity index (χ2v) is 2.79. The van der Waals surface area contributed by atoms with Gasteiger partial charge >= 0.3 is 5.97 Å². The Labute approximate surface area is 75.9 Å². The Morgan fingerprint density at radius 2 is 2.23 bits per heavy atom. The standard InChI is InChI=1S/C9H11NO3/c1-6(11)3-7-4-8(10-5-7)9(12)13-2/h4-5,10H,3H2,1-2H3. The highest BCUT2D eigenvalue weighted by Gasteiger charge is 2.08. The molecule has 0 saturated heterocycles. The zero-order chi connectivity index (χ0) is 9.84. The Morgan fingerprint density at radius 3 is 2.77 bits per heavy atom. The fourth-order valence-corrected chi connectivity index (χ4v) is 1.06. The predicted octanol–water partition coefficient (Wildman–Crippen LogP) is 0.933. The molecule has 4 heteroatoms. The van der Waals surface area contributed by atoms with E-state index in [1.807, 2.05) is 0 Å². The lowest BCUT2D eigenvalue weighted by molar-refractivity contribution is -0.116. The van der Waals surface area contributed by atoms with E-state index in [1.165, 1.54) is 14.0 Å². The van der Waals surface area contributed by atoms with Gasteiger partial charge in [0.15, 0.2) is 0 Å². The second-order valence-electron chi connectivity index (χ2n) is 2.79. The zero-order valence-corrected chi connectivity index (χ0v) is 7.59. The molecular formula is C9H11NO3. The number of carbonyl (C=O) groups excluding carboxylic acids is 2. The Bertz CT molecular complexity index is 327. The third-order valence-corrected chi connectivity index (χ3v) is 1.60. The van der Waals surface area contributed by atoms with Gasteiger partial charge in [0.05, 0.1) is 7.11 Å².